The number of nitrogens with one attached hydrogen (secondary N) is 2. The van der Waals surface area contributed by atoms with Gasteiger partial charge in [-0.15, -0.1) is 0 Å². The molecule has 0 fully saturated rings. The molecule has 3 rings (SSSR count). The Morgan fingerprint density at radius 2 is 1.45 bits per heavy atom. The van der Waals surface area contributed by atoms with E-state index >= 15 is 0 Å². The van der Waals surface area contributed by atoms with E-state index in [0.29, 0.717) is 10.1 Å². The molecule has 3 nitrogen and oxygen atoms in total. The van der Waals surface area contributed by atoms with Gasteiger partial charge in [0.1, 0.15) is 5.75 Å². The first kappa shape index (κ1) is 14.6. The number of phenols is 1. The molecule has 22 heavy (non-hydrogen) atoms. The highest BCUT2D eigenvalue weighted by atomic mass is 35.5. The van der Waals surface area contributed by atoms with E-state index in [9.17, 15) is 5.11 Å². The van der Waals surface area contributed by atoms with E-state index in [1.54, 1.807) is 18.2 Å². The molecule has 0 spiro atoms. The Morgan fingerprint density at radius 3 is 2.27 bits per heavy atom. The van der Waals surface area contributed by atoms with Crippen LogP contribution in [0.15, 0.2) is 60.7 Å². The summed E-state index contributed by atoms with van der Waals surface area (Å²) < 4.78 is 0. The summed E-state index contributed by atoms with van der Waals surface area (Å²) in [5, 5.41) is 18.8. The fraction of sp³-hybridized carbons (Fsp3) is 0. The number of hydrogen-bond acceptors (Lipinski definition) is 2. The van der Waals surface area contributed by atoms with Crippen LogP contribution in [-0.2, 0) is 0 Å². The van der Waals surface area contributed by atoms with Crippen molar-refractivity contribution in [3.63, 3.8) is 0 Å². The minimum Gasteiger partial charge on any atom is -0.507 e. The molecule has 0 saturated carbocycles. The summed E-state index contributed by atoms with van der Waals surface area (Å²) in [7, 11) is 0. The lowest BCUT2D eigenvalue weighted by Crippen LogP contribution is -2.19. The second-order valence-corrected chi connectivity index (χ2v) is 5.55. The molecule has 0 amide bonds. The normalized spacial score (nSPS) is 10.4. The topological polar surface area (TPSA) is 44.3 Å². The number of fused-ring (bicyclic) bond motifs is 1. The van der Waals surface area contributed by atoms with Gasteiger partial charge in [0.2, 0.25) is 0 Å². The number of thiocarbonyl (C=S) groups is 1. The van der Waals surface area contributed by atoms with Gasteiger partial charge in [-0.1, -0.05) is 48.0 Å². The highest BCUT2D eigenvalue weighted by Gasteiger charge is 2.06. The minimum absolute atomic E-state index is 0.242. The molecule has 3 aromatic rings. The molecule has 5 heteroatoms. The average Bonchev–Trinajstić information content (AvgIpc) is 2.51. The Bertz CT molecular complexity index is 851. The average molecular weight is 329 g/mol. The van der Waals surface area contributed by atoms with Gasteiger partial charge in [-0.3, -0.25) is 0 Å². The number of halogens is 1. The van der Waals surface area contributed by atoms with E-state index in [2.05, 4.69) is 10.6 Å². The van der Waals surface area contributed by atoms with Crippen molar-refractivity contribution in [2.45, 2.75) is 0 Å². The van der Waals surface area contributed by atoms with E-state index in [1.165, 1.54) is 0 Å². The van der Waals surface area contributed by atoms with Gasteiger partial charge in [0.05, 0.1) is 10.7 Å². The summed E-state index contributed by atoms with van der Waals surface area (Å²) in [4.78, 5) is 0. The highest BCUT2D eigenvalue weighted by molar-refractivity contribution is 7.80. The molecule has 0 aliphatic rings. The lowest BCUT2D eigenvalue weighted by molar-refractivity contribution is 0.481. The minimum atomic E-state index is 0.242. The third kappa shape index (κ3) is 2.98. The fourth-order valence-electron chi connectivity index (χ4n) is 2.24. The predicted molar refractivity (Wildman–Crippen MR) is 96.9 cm³/mol. The van der Waals surface area contributed by atoms with Crippen molar-refractivity contribution in [2.75, 3.05) is 10.6 Å². The zero-order chi connectivity index (χ0) is 15.5. The number of anilines is 2. The number of benzene rings is 3. The van der Waals surface area contributed by atoms with E-state index in [4.69, 9.17) is 23.8 Å². The summed E-state index contributed by atoms with van der Waals surface area (Å²) >= 11 is 11.4. The predicted octanol–water partition coefficient (Wildman–Crippen LogP) is 5.01. The van der Waals surface area contributed by atoms with Gasteiger partial charge in [0.25, 0.3) is 0 Å². The first-order valence-electron chi connectivity index (χ1n) is 6.68. The first-order valence-corrected chi connectivity index (χ1v) is 7.47. The highest BCUT2D eigenvalue weighted by Crippen LogP contribution is 2.30. The number of hydrogen-bond donors (Lipinski definition) is 3. The maximum Gasteiger partial charge on any atom is 0.175 e. The zero-order valence-electron chi connectivity index (χ0n) is 11.5. The lowest BCUT2D eigenvalue weighted by Gasteiger charge is -2.13. The summed E-state index contributed by atoms with van der Waals surface area (Å²) in [6.07, 6.45) is 0. The SMILES string of the molecule is Oc1cccc2c(NC(=S)Nc3ccccc3Cl)cccc12. The molecule has 0 bridgehead atoms. The van der Waals surface area contributed by atoms with Crippen molar-refractivity contribution in [3.05, 3.63) is 65.7 Å². The van der Waals surface area contributed by atoms with Crippen LogP contribution in [0.25, 0.3) is 10.8 Å². The Morgan fingerprint density at radius 1 is 0.818 bits per heavy atom. The van der Waals surface area contributed by atoms with Gasteiger partial charge >= 0.3 is 0 Å². The van der Waals surface area contributed by atoms with Crippen LogP contribution in [0.5, 0.6) is 5.75 Å². The van der Waals surface area contributed by atoms with Crippen LogP contribution in [0.2, 0.25) is 5.02 Å². The van der Waals surface area contributed by atoms with Crippen LogP contribution in [-0.4, -0.2) is 10.2 Å². The van der Waals surface area contributed by atoms with E-state index < -0.39 is 0 Å². The first-order chi connectivity index (χ1) is 10.6. The summed E-state index contributed by atoms with van der Waals surface area (Å²) in [6, 6.07) is 18.4. The molecule has 0 aromatic heterocycles. The van der Waals surface area contributed by atoms with Crippen molar-refractivity contribution in [1.29, 1.82) is 0 Å². The van der Waals surface area contributed by atoms with E-state index in [-0.39, 0.29) is 5.75 Å². The number of para-hydroxylation sites is 1. The second-order valence-electron chi connectivity index (χ2n) is 4.74. The number of phenolic OH excluding ortho intramolecular Hbond substituents is 1. The molecular weight excluding hydrogens is 316 g/mol. The smallest absolute Gasteiger partial charge is 0.175 e. The maximum absolute atomic E-state index is 9.91. The third-order valence-corrected chi connectivity index (χ3v) is 3.80. The van der Waals surface area contributed by atoms with Crippen LogP contribution in [0.3, 0.4) is 0 Å². The van der Waals surface area contributed by atoms with Crippen LogP contribution in [0.1, 0.15) is 0 Å². The van der Waals surface area contributed by atoms with Crippen molar-refractivity contribution in [1.82, 2.24) is 0 Å². The monoisotopic (exact) mass is 328 g/mol. The van der Waals surface area contributed by atoms with Crippen LogP contribution in [0, 0.1) is 0 Å². The second kappa shape index (κ2) is 6.22. The molecule has 0 atom stereocenters. The Kier molecular flexibility index (Phi) is 4.13. The Balaban J connectivity index is 1.86. The molecule has 110 valence electrons. The van der Waals surface area contributed by atoms with Gasteiger partial charge in [0, 0.05) is 16.5 Å². The van der Waals surface area contributed by atoms with Crippen LogP contribution < -0.4 is 10.6 Å². The molecule has 3 N–H and O–H groups in total. The molecule has 0 radical (unpaired) electrons. The quantitative estimate of drug-likeness (QED) is 0.579. The lowest BCUT2D eigenvalue weighted by atomic mass is 10.1. The van der Waals surface area contributed by atoms with Gasteiger partial charge in [-0.2, -0.15) is 0 Å². The molecule has 0 heterocycles. The zero-order valence-corrected chi connectivity index (χ0v) is 13.1. The molecule has 0 unspecified atom stereocenters. The molecule has 0 saturated heterocycles. The standard InChI is InChI=1S/C17H13ClN2OS/c18-13-7-1-2-8-15(13)20-17(22)19-14-9-3-6-12-11(14)5-4-10-16(12)21/h1-10,21H,(H2,19,20,22). The summed E-state index contributed by atoms with van der Waals surface area (Å²) in [5.74, 6) is 0.242. The van der Waals surface area contributed by atoms with Crippen LogP contribution in [0.4, 0.5) is 11.4 Å². The van der Waals surface area contributed by atoms with Crippen molar-refractivity contribution < 1.29 is 5.11 Å². The van der Waals surface area contributed by atoms with Gasteiger partial charge in [-0.25, -0.2) is 0 Å². The number of aromatic hydroxyl groups is 1. The van der Waals surface area contributed by atoms with Crippen molar-refractivity contribution in [3.8, 4) is 5.75 Å². The summed E-state index contributed by atoms with van der Waals surface area (Å²) in [5.41, 5.74) is 1.56. The van der Waals surface area contributed by atoms with Gasteiger partial charge < -0.3 is 15.7 Å². The molecule has 0 aliphatic heterocycles. The molecule has 3 aromatic carbocycles. The third-order valence-electron chi connectivity index (χ3n) is 3.27. The summed E-state index contributed by atoms with van der Waals surface area (Å²) in [6.45, 7) is 0. The van der Waals surface area contributed by atoms with Crippen molar-refractivity contribution >= 4 is 51.1 Å². The van der Waals surface area contributed by atoms with E-state index in [1.807, 2.05) is 42.5 Å². The van der Waals surface area contributed by atoms with Gasteiger partial charge in [-0.05, 0) is 36.5 Å². The maximum atomic E-state index is 9.91. The largest absolute Gasteiger partial charge is 0.507 e. The Labute approximate surface area is 138 Å². The van der Waals surface area contributed by atoms with Gasteiger partial charge in [0.15, 0.2) is 5.11 Å². The van der Waals surface area contributed by atoms with Crippen LogP contribution >= 0.6 is 23.8 Å². The van der Waals surface area contributed by atoms with E-state index in [0.717, 1.165) is 22.1 Å². The molecule has 0 aliphatic carbocycles. The fourth-order valence-corrected chi connectivity index (χ4v) is 2.64. The Hall–Kier alpha value is -2.30. The van der Waals surface area contributed by atoms with Crippen molar-refractivity contribution in [2.24, 2.45) is 0 Å². The molecular formula is C17H13ClN2OS. The number of rotatable bonds is 2.